The predicted molar refractivity (Wildman–Crippen MR) is 64.7 cm³/mol. The van der Waals surface area contributed by atoms with Crippen LogP contribution in [0.15, 0.2) is 24.4 Å². The van der Waals surface area contributed by atoms with Gasteiger partial charge in [0.2, 0.25) is 0 Å². The molecule has 0 atom stereocenters. The second-order valence-corrected chi connectivity index (χ2v) is 4.08. The van der Waals surface area contributed by atoms with Gasteiger partial charge >= 0.3 is 5.97 Å². The molecule has 0 spiro atoms. The summed E-state index contributed by atoms with van der Waals surface area (Å²) < 4.78 is 1.67. The van der Waals surface area contributed by atoms with Crippen LogP contribution in [0.4, 0.5) is 0 Å². The van der Waals surface area contributed by atoms with Crippen LogP contribution < -0.4 is 0 Å². The Labute approximate surface area is 99.5 Å². The molecule has 4 heteroatoms. The maximum Gasteiger partial charge on any atom is 0.339 e. The summed E-state index contributed by atoms with van der Waals surface area (Å²) in [5.41, 5.74) is 4.08. The molecule has 0 amide bonds. The highest BCUT2D eigenvalue weighted by Gasteiger charge is 2.14. The Morgan fingerprint density at radius 1 is 1.29 bits per heavy atom. The van der Waals surface area contributed by atoms with Crippen LogP contribution in [0.3, 0.4) is 0 Å². The van der Waals surface area contributed by atoms with Gasteiger partial charge in [-0.3, -0.25) is 0 Å². The Hall–Kier alpha value is -2.10. The number of aromatic nitrogens is 2. The van der Waals surface area contributed by atoms with E-state index in [1.807, 2.05) is 32.0 Å². The first-order chi connectivity index (χ1) is 8.02. The monoisotopic (exact) mass is 230 g/mol. The van der Waals surface area contributed by atoms with Crippen LogP contribution in [0.1, 0.15) is 27.2 Å². The Morgan fingerprint density at radius 2 is 2.00 bits per heavy atom. The Balaban J connectivity index is 2.62. The molecule has 0 radical (unpaired) electrons. The van der Waals surface area contributed by atoms with Crippen LogP contribution in [-0.4, -0.2) is 20.9 Å². The zero-order valence-corrected chi connectivity index (χ0v) is 10.1. The molecule has 1 N–H and O–H groups in total. The van der Waals surface area contributed by atoms with Crippen LogP contribution in [0.2, 0.25) is 0 Å². The molecule has 0 aliphatic rings. The number of carboxylic acid groups (broad SMARTS) is 1. The van der Waals surface area contributed by atoms with Gasteiger partial charge in [0.25, 0.3) is 0 Å². The molecule has 0 bridgehead atoms. The Kier molecular flexibility index (Phi) is 2.71. The summed E-state index contributed by atoms with van der Waals surface area (Å²) in [6.45, 7) is 5.79. The van der Waals surface area contributed by atoms with E-state index < -0.39 is 5.97 Å². The molecule has 0 saturated heterocycles. The summed E-state index contributed by atoms with van der Waals surface area (Å²) >= 11 is 0. The van der Waals surface area contributed by atoms with E-state index in [4.69, 9.17) is 5.11 Å². The average Bonchev–Trinajstić information content (AvgIpc) is 2.64. The molecule has 2 aromatic rings. The first kappa shape index (κ1) is 11.4. The van der Waals surface area contributed by atoms with Crippen molar-refractivity contribution < 1.29 is 9.90 Å². The Morgan fingerprint density at radius 3 is 2.59 bits per heavy atom. The molecule has 17 heavy (non-hydrogen) atoms. The lowest BCUT2D eigenvalue weighted by molar-refractivity contribution is 0.0696. The molecular weight excluding hydrogens is 216 g/mol. The van der Waals surface area contributed by atoms with Gasteiger partial charge in [-0.25, -0.2) is 9.48 Å². The van der Waals surface area contributed by atoms with Crippen molar-refractivity contribution in [3.8, 4) is 5.69 Å². The topological polar surface area (TPSA) is 55.1 Å². The van der Waals surface area contributed by atoms with E-state index in [0.29, 0.717) is 5.69 Å². The van der Waals surface area contributed by atoms with Gasteiger partial charge in [-0.1, -0.05) is 12.1 Å². The van der Waals surface area contributed by atoms with Gasteiger partial charge in [-0.05, 0) is 38.0 Å². The molecule has 1 aromatic heterocycles. The third kappa shape index (κ3) is 1.82. The predicted octanol–water partition coefficient (Wildman–Crippen LogP) is 2.50. The number of aromatic carboxylic acids is 1. The van der Waals surface area contributed by atoms with E-state index >= 15 is 0 Å². The van der Waals surface area contributed by atoms with Crippen LogP contribution in [0, 0.1) is 20.8 Å². The third-order valence-electron chi connectivity index (χ3n) is 3.04. The first-order valence-electron chi connectivity index (χ1n) is 5.37. The lowest BCUT2D eigenvalue weighted by Gasteiger charge is -2.10. The van der Waals surface area contributed by atoms with Crippen molar-refractivity contribution in [1.29, 1.82) is 0 Å². The van der Waals surface area contributed by atoms with Crippen molar-refractivity contribution in [2.24, 2.45) is 0 Å². The fourth-order valence-electron chi connectivity index (χ4n) is 1.83. The minimum Gasteiger partial charge on any atom is -0.478 e. The Bertz CT molecular complexity index is 585. The van der Waals surface area contributed by atoms with Crippen LogP contribution in [0.25, 0.3) is 5.69 Å². The molecular formula is C13H14N2O2. The zero-order valence-electron chi connectivity index (χ0n) is 10.1. The average molecular weight is 230 g/mol. The summed E-state index contributed by atoms with van der Waals surface area (Å²) in [5.74, 6) is -0.945. The van der Waals surface area contributed by atoms with Gasteiger partial charge in [0.15, 0.2) is 0 Å². The molecule has 88 valence electrons. The molecule has 1 aromatic carbocycles. The van der Waals surface area contributed by atoms with E-state index in [1.165, 1.54) is 6.20 Å². The number of nitrogens with zero attached hydrogens (tertiary/aromatic N) is 2. The normalized spacial score (nSPS) is 10.5. The van der Waals surface area contributed by atoms with Crippen LogP contribution in [-0.2, 0) is 0 Å². The maximum atomic E-state index is 11.0. The minimum atomic E-state index is -0.945. The highest BCUT2D eigenvalue weighted by molar-refractivity contribution is 5.88. The van der Waals surface area contributed by atoms with E-state index in [1.54, 1.807) is 11.6 Å². The second kappa shape index (κ2) is 4.05. The number of aryl methyl sites for hydroxylation is 1. The lowest BCUT2D eigenvalue weighted by atomic mass is 10.1. The fraction of sp³-hybridized carbons (Fsp3) is 0.231. The number of benzene rings is 1. The van der Waals surface area contributed by atoms with Gasteiger partial charge in [0, 0.05) is 0 Å². The molecule has 4 nitrogen and oxygen atoms in total. The summed E-state index contributed by atoms with van der Waals surface area (Å²) in [5, 5.41) is 13.1. The van der Waals surface area contributed by atoms with Crippen molar-refractivity contribution in [3.63, 3.8) is 0 Å². The number of rotatable bonds is 2. The molecule has 0 unspecified atom stereocenters. The van der Waals surface area contributed by atoms with Gasteiger partial charge in [-0.2, -0.15) is 5.10 Å². The third-order valence-corrected chi connectivity index (χ3v) is 3.04. The van der Waals surface area contributed by atoms with Crippen molar-refractivity contribution >= 4 is 5.97 Å². The number of carboxylic acids is 1. The fourth-order valence-corrected chi connectivity index (χ4v) is 1.83. The van der Waals surface area contributed by atoms with Crippen molar-refractivity contribution in [2.45, 2.75) is 20.8 Å². The molecule has 0 aliphatic carbocycles. The van der Waals surface area contributed by atoms with E-state index in [0.717, 1.165) is 16.8 Å². The number of hydrogen-bond donors (Lipinski definition) is 1. The minimum absolute atomic E-state index is 0.242. The largest absolute Gasteiger partial charge is 0.478 e. The zero-order chi connectivity index (χ0) is 12.6. The highest BCUT2D eigenvalue weighted by Crippen LogP contribution is 2.20. The van der Waals surface area contributed by atoms with Crippen molar-refractivity contribution in [2.75, 3.05) is 0 Å². The first-order valence-corrected chi connectivity index (χ1v) is 5.37. The summed E-state index contributed by atoms with van der Waals surface area (Å²) in [7, 11) is 0. The molecule has 0 aliphatic heterocycles. The van der Waals surface area contributed by atoms with E-state index in [2.05, 4.69) is 5.10 Å². The van der Waals surface area contributed by atoms with Crippen molar-refractivity contribution in [3.05, 3.63) is 46.8 Å². The molecule has 1 heterocycles. The SMILES string of the molecule is Cc1cccc(-n2ncc(C(=O)O)c2C)c1C. The lowest BCUT2D eigenvalue weighted by Crippen LogP contribution is -2.04. The van der Waals surface area contributed by atoms with Crippen molar-refractivity contribution in [1.82, 2.24) is 9.78 Å². The van der Waals surface area contributed by atoms with Gasteiger partial charge in [0.05, 0.1) is 17.6 Å². The number of carbonyl (C=O) groups is 1. The highest BCUT2D eigenvalue weighted by atomic mass is 16.4. The molecule has 2 rings (SSSR count). The van der Waals surface area contributed by atoms with Gasteiger partial charge in [-0.15, -0.1) is 0 Å². The van der Waals surface area contributed by atoms with E-state index in [-0.39, 0.29) is 5.56 Å². The maximum absolute atomic E-state index is 11.0. The summed E-state index contributed by atoms with van der Waals surface area (Å²) in [6, 6.07) is 5.91. The van der Waals surface area contributed by atoms with E-state index in [9.17, 15) is 4.79 Å². The van der Waals surface area contributed by atoms with Crippen LogP contribution in [0.5, 0.6) is 0 Å². The number of hydrogen-bond acceptors (Lipinski definition) is 2. The summed E-state index contributed by atoms with van der Waals surface area (Å²) in [4.78, 5) is 11.0. The second-order valence-electron chi connectivity index (χ2n) is 4.08. The molecule has 0 fully saturated rings. The van der Waals surface area contributed by atoms with Gasteiger partial charge < -0.3 is 5.11 Å². The standard InChI is InChI=1S/C13H14N2O2/c1-8-5-4-6-12(9(8)2)15-10(3)11(7-14-15)13(16)17/h4-7H,1-3H3,(H,16,17). The summed E-state index contributed by atoms with van der Waals surface area (Å²) in [6.07, 6.45) is 1.39. The smallest absolute Gasteiger partial charge is 0.339 e. The quantitative estimate of drug-likeness (QED) is 0.862. The van der Waals surface area contributed by atoms with Crippen LogP contribution >= 0.6 is 0 Å². The van der Waals surface area contributed by atoms with Gasteiger partial charge in [0.1, 0.15) is 5.56 Å². The molecule has 0 saturated carbocycles.